The summed E-state index contributed by atoms with van der Waals surface area (Å²) in [5.74, 6) is 0.851. The van der Waals surface area contributed by atoms with Crippen molar-refractivity contribution in [2.24, 2.45) is 5.92 Å². The van der Waals surface area contributed by atoms with Crippen LogP contribution in [0.5, 0.6) is 0 Å². The fourth-order valence-electron chi connectivity index (χ4n) is 2.10. The Bertz CT molecular complexity index is 425. The normalized spacial score (nSPS) is 17.2. The summed E-state index contributed by atoms with van der Waals surface area (Å²) in [6.45, 7) is 5.93. The van der Waals surface area contributed by atoms with Gasteiger partial charge in [-0.1, -0.05) is 6.92 Å². The van der Waals surface area contributed by atoms with E-state index in [9.17, 15) is 4.79 Å². The van der Waals surface area contributed by atoms with Gasteiger partial charge in [-0.3, -0.25) is 9.78 Å². The number of carbonyl (C=O) groups is 1. The molecule has 1 aromatic rings. The summed E-state index contributed by atoms with van der Waals surface area (Å²) >= 11 is 3.41. The molecule has 1 aromatic heterocycles. The molecule has 0 aromatic carbocycles. The Morgan fingerprint density at radius 1 is 1.41 bits per heavy atom. The molecule has 2 heterocycles. The van der Waals surface area contributed by atoms with Crippen molar-refractivity contribution in [1.82, 2.24) is 9.88 Å². The summed E-state index contributed by atoms with van der Waals surface area (Å²) in [6.07, 6.45) is 5.60. The third-order valence-corrected chi connectivity index (χ3v) is 4.25. The van der Waals surface area contributed by atoms with Gasteiger partial charge >= 0.3 is 0 Å². The highest BCUT2D eigenvalue weighted by molar-refractivity contribution is 9.10. The number of hydrogen-bond acceptors (Lipinski definition) is 2. The first-order valence-corrected chi connectivity index (χ1v) is 6.78. The van der Waals surface area contributed by atoms with Crippen LogP contribution in [0.15, 0.2) is 16.9 Å². The summed E-state index contributed by atoms with van der Waals surface area (Å²) in [6, 6.07) is 0. The summed E-state index contributed by atoms with van der Waals surface area (Å²) in [4.78, 5) is 18.4. The molecule has 1 aliphatic heterocycles. The number of pyridine rings is 1. The molecule has 1 saturated heterocycles. The summed E-state index contributed by atoms with van der Waals surface area (Å²) in [7, 11) is 0. The number of nitrogens with zero attached hydrogens (tertiary/aromatic N) is 2. The Kier molecular flexibility index (Phi) is 3.82. The number of aromatic nitrogens is 1. The predicted molar refractivity (Wildman–Crippen MR) is 71.0 cm³/mol. The minimum atomic E-state index is 0.114. The van der Waals surface area contributed by atoms with Crippen molar-refractivity contribution in [3.05, 3.63) is 28.0 Å². The van der Waals surface area contributed by atoms with Gasteiger partial charge in [0, 0.05) is 30.0 Å². The summed E-state index contributed by atoms with van der Waals surface area (Å²) in [5, 5.41) is 0. The van der Waals surface area contributed by atoms with Crippen LogP contribution in [-0.2, 0) is 0 Å². The molecule has 2 rings (SSSR count). The molecule has 0 saturated carbocycles. The number of hydrogen-bond donors (Lipinski definition) is 0. The molecule has 1 aliphatic rings. The van der Waals surface area contributed by atoms with Crippen molar-refractivity contribution in [3.8, 4) is 0 Å². The quantitative estimate of drug-likeness (QED) is 0.798. The van der Waals surface area contributed by atoms with Crippen molar-refractivity contribution in [1.29, 1.82) is 0 Å². The van der Waals surface area contributed by atoms with E-state index in [1.807, 2.05) is 11.8 Å². The van der Waals surface area contributed by atoms with Gasteiger partial charge in [0.2, 0.25) is 0 Å². The van der Waals surface area contributed by atoms with E-state index in [2.05, 4.69) is 27.8 Å². The molecule has 92 valence electrons. The average molecular weight is 297 g/mol. The van der Waals surface area contributed by atoms with Gasteiger partial charge in [-0.2, -0.15) is 0 Å². The lowest BCUT2D eigenvalue weighted by Gasteiger charge is -2.30. The fraction of sp³-hybridized carbons (Fsp3) is 0.538. The van der Waals surface area contributed by atoms with Gasteiger partial charge in [-0.25, -0.2) is 0 Å². The van der Waals surface area contributed by atoms with E-state index in [0.717, 1.165) is 41.9 Å². The Morgan fingerprint density at radius 2 is 2.06 bits per heavy atom. The van der Waals surface area contributed by atoms with Gasteiger partial charge in [0.05, 0.1) is 5.56 Å². The van der Waals surface area contributed by atoms with Gasteiger partial charge in [0.15, 0.2) is 0 Å². The molecule has 0 aliphatic carbocycles. The van der Waals surface area contributed by atoms with Crippen molar-refractivity contribution < 1.29 is 4.79 Å². The zero-order chi connectivity index (χ0) is 12.4. The van der Waals surface area contributed by atoms with E-state index in [1.165, 1.54) is 0 Å². The number of carbonyl (C=O) groups excluding carboxylic acids is 1. The molecular weight excluding hydrogens is 280 g/mol. The van der Waals surface area contributed by atoms with Crippen molar-refractivity contribution >= 4 is 21.8 Å². The van der Waals surface area contributed by atoms with Gasteiger partial charge in [0.25, 0.3) is 5.91 Å². The summed E-state index contributed by atoms with van der Waals surface area (Å²) in [5.41, 5.74) is 1.69. The molecule has 1 amide bonds. The van der Waals surface area contributed by atoms with Crippen LogP contribution in [0, 0.1) is 12.8 Å². The second-order valence-corrected chi connectivity index (χ2v) is 5.62. The Balaban J connectivity index is 2.17. The highest BCUT2D eigenvalue weighted by Crippen LogP contribution is 2.22. The molecule has 0 bridgehead atoms. The fourth-order valence-corrected chi connectivity index (χ4v) is 2.43. The van der Waals surface area contributed by atoms with Crippen molar-refractivity contribution in [2.45, 2.75) is 26.7 Å². The topological polar surface area (TPSA) is 33.2 Å². The molecular formula is C13H17BrN2O. The van der Waals surface area contributed by atoms with Gasteiger partial charge < -0.3 is 4.90 Å². The van der Waals surface area contributed by atoms with E-state index in [4.69, 9.17) is 0 Å². The SMILES string of the molecule is Cc1c(Br)cncc1C(=O)N1CCC(C)CC1. The minimum Gasteiger partial charge on any atom is -0.339 e. The first-order valence-electron chi connectivity index (χ1n) is 5.99. The van der Waals surface area contributed by atoms with E-state index in [1.54, 1.807) is 12.4 Å². The van der Waals surface area contributed by atoms with Crippen LogP contribution in [-0.4, -0.2) is 28.9 Å². The molecule has 4 heteroatoms. The van der Waals surface area contributed by atoms with Gasteiger partial charge in [-0.05, 0) is 47.2 Å². The molecule has 0 radical (unpaired) electrons. The number of rotatable bonds is 1. The van der Waals surface area contributed by atoms with Crippen LogP contribution in [0.4, 0.5) is 0 Å². The van der Waals surface area contributed by atoms with E-state index in [-0.39, 0.29) is 5.91 Å². The molecule has 17 heavy (non-hydrogen) atoms. The second kappa shape index (κ2) is 5.17. The lowest BCUT2D eigenvalue weighted by atomic mass is 9.98. The second-order valence-electron chi connectivity index (χ2n) is 4.77. The van der Waals surface area contributed by atoms with E-state index < -0.39 is 0 Å². The maximum Gasteiger partial charge on any atom is 0.255 e. The molecule has 0 spiro atoms. The average Bonchev–Trinajstić information content (AvgIpc) is 2.33. The van der Waals surface area contributed by atoms with Crippen molar-refractivity contribution in [2.75, 3.05) is 13.1 Å². The largest absolute Gasteiger partial charge is 0.339 e. The van der Waals surface area contributed by atoms with Crippen LogP contribution in [0.25, 0.3) is 0 Å². The molecule has 0 N–H and O–H groups in total. The third-order valence-electron chi connectivity index (χ3n) is 3.46. The minimum absolute atomic E-state index is 0.114. The third kappa shape index (κ3) is 2.68. The molecule has 3 nitrogen and oxygen atoms in total. The molecule has 0 atom stereocenters. The Labute approximate surface area is 110 Å². The van der Waals surface area contributed by atoms with Crippen LogP contribution in [0.2, 0.25) is 0 Å². The van der Waals surface area contributed by atoms with Crippen LogP contribution in [0.1, 0.15) is 35.7 Å². The Morgan fingerprint density at radius 3 is 2.71 bits per heavy atom. The number of piperidine rings is 1. The summed E-state index contributed by atoms with van der Waals surface area (Å²) < 4.78 is 0.897. The van der Waals surface area contributed by atoms with E-state index >= 15 is 0 Å². The zero-order valence-electron chi connectivity index (χ0n) is 10.2. The number of halogens is 1. The number of likely N-dealkylation sites (tertiary alicyclic amines) is 1. The van der Waals surface area contributed by atoms with Crippen LogP contribution in [0.3, 0.4) is 0 Å². The first kappa shape index (κ1) is 12.6. The highest BCUT2D eigenvalue weighted by Gasteiger charge is 2.23. The lowest BCUT2D eigenvalue weighted by molar-refractivity contribution is 0.0696. The zero-order valence-corrected chi connectivity index (χ0v) is 11.8. The smallest absolute Gasteiger partial charge is 0.255 e. The van der Waals surface area contributed by atoms with Crippen LogP contribution < -0.4 is 0 Å². The molecule has 0 unspecified atom stereocenters. The maximum absolute atomic E-state index is 12.3. The highest BCUT2D eigenvalue weighted by atomic mass is 79.9. The Hall–Kier alpha value is -0.900. The maximum atomic E-state index is 12.3. The number of amides is 1. The van der Waals surface area contributed by atoms with E-state index in [0.29, 0.717) is 5.56 Å². The molecule has 1 fully saturated rings. The first-order chi connectivity index (χ1) is 8.09. The van der Waals surface area contributed by atoms with Gasteiger partial charge in [-0.15, -0.1) is 0 Å². The lowest BCUT2D eigenvalue weighted by Crippen LogP contribution is -2.38. The monoisotopic (exact) mass is 296 g/mol. The standard InChI is InChI=1S/C13H17BrN2O/c1-9-3-5-16(6-4-9)13(17)11-7-15-8-12(14)10(11)2/h7-9H,3-6H2,1-2H3. The van der Waals surface area contributed by atoms with Crippen LogP contribution >= 0.6 is 15.9 Å². The van der Waals surface area contributed by atoms with Crippen molar-refractivity contribution in [3.63, 3.8) is 0 Å². The van der Waals surface area contributed by atoms with Gasteiger partial charge in [0.1, 0.15) is 0 Å². The predicted octanol–water partition coefficient (Wildman–Crippen LogP) is 3.02.